The lowest BCUT2D eigenvalue weighted by Crippen LogP contribution is -2.56. The summed E-state index contributed by atoms with van der Waals surface area (Å²) in [5.74, 6) is -1.29. The zero-order chi connectivity index (χ0) is 32.2. The molecule has 0 aromatic heterocycles. The van der Waals surface area contributed by atoms with E-state index in [1.165, 1.54) is 4.90 Å². The number of nitrogens with zero attached hydrogens (tertiary/aromatic N) is 2. The summed E-state index contributed by atoms with van der Waals surface area (Å²) in [6.07, 6.45) is -3.93. The van der Waals surface area contributed by atoms with Crippen molar-refractivity contribution in [2.75, 3.05) is 17.1 Å². The fourth-order valence-electron chi connectivity index (χ4n) is 4.27. The minimum Gasteiger partial charge on any atom is -0.350 e. The first-order valence-electron chi connectivity index (χ1n) is 13.1. The van der Waals surface area contributed by atoms with Crippen LogP contribution in [0.25, 0.3) is 0 Å². The Hall–Kier alpha value is -3.09. The van der Waals surface area contributed by atoms with Gasteiger partial charge in [-0.1, -0.05) is 70.0 Å². The first-order valence-corrected chi connectivity index (χ1v) is 16.1. The summed E-state index contributed by atoms with van der Waals surface area (Å²) < 4.78 is 67.7. The largest absolute Gasteiger partial charge is 0.416 e. The molecule has 13 heteroatoms. The number of carbonyl (C=O) groups is 2. The van der Waals surface area contributed by atoms with E-state index in [2.05, 4.69) is 21.2 Å². The lowest BCUT2D eigenvalue weighted by Gasteiger charge is -2.35. The number of benzene rings is 3. The van der Waals surface area contributed by atoms with Crippen LogP contribution in [0.1, 0.15) is 37.5 Å². The number of amides is 2. The lowest BCUT2D eigenvalue weighted by atomic mass is 10.0. The first kappa shape index (κ1) is 34.4. The minimum atomic E-state index is -4.79. The molecule has 3 aromatic carbocycles. The Morgan fingerprint density at radius 1 is 0.953 bits per heavy atom. The Balaban J connectivity index is 2.13. The van der Waals surface area contributed by atoms with Gasteiger partial charge in [0, 0.05) is 23.0 Å². The number of carbonyl (C=O) groups excluding carboxylic acids is 2. The highest BCUT2D eigenvalue weighted by Gasteiger charge is 2.36. The molecule has 0 bridgehead atoms. The number of anilines is 1. The third-order valence-corrected chi connectivity index (χ3v) is 8.23. The molecule has 2 amide bonds. The zero-order valence-corrected chi connectivity index (χ0v) is 27.1. The standard InChI is InChI=1S/C30H32BrClF3N3O4S/c1-29(2,3)36-28(40)26(16-20-8-6-5-7-9-20)37(18-21-10-13-23(31)14-11-21)27(39)19-38(43(4,41)42)25-17-22(30(33,34)35)12-15-24(25)32/h5-15,17,26H,16,18-19H2,1-4H3,(H,36,40)/t26-/m0/s1. The predicted octanol–water partition coefficient (Wildman–Crippen LogP) is 6.44. The number of nitrogens with one attached hydrogen (secondary N) is 1. The van der Waals surface area contributed by atoms with Crippen LogP contribution in [0.3, 0.4) is 0 Å². The zero-order valence-electron chi connectivity index (χ0n) is 24.0. The Morgan fingerprint density at radius 3 is 2.09 bits per heavy atom. The molecule has 232 valence electrons. The summed E-state index contributed by atoms with van der Waals surface area (Å²) in [5, 5.41) is 2.61. The molecule has 0 fully saturated rings. The summed E-state index contributed by atoms with van der Waals surface area (Å²) in [6, 6.07) is 17.1. The van der Waals surface area contributed by atoms with Gasteiger partial charge in [0.1, 0.15) is 12.6 Å². The number of sulfonamides is 1. The highest BCUT2D eigenvalue weighted by molar-refractivity contribution is 9.10. The minimum absolute atomic E-state index is 0.0882. The van der Waals surface area contributed by atoms with Gasteiger partial charge in [-0.25, -0.2) is 8.42 Å². The topological polar surface area (TPSA) is 86.8 Å². The van der Waals surface area contributed by atoms with Crippen LogP contribution in [0, 0.1) is 0 Å². The molecule has 1 N–H and O–H groups in total. The average Bonchev–Trinajstić information content (AvgIpc) is 2.89. The molecular formula is C30H32BrClF3N3O4S. The molecule has 0 aliphatic rings. The summed E-state index contributed by atoms with van der Waals surface area (Å²) in [5.41, 5.74) is -0.920. The molecule has 0 unspecified atom stereocenters. The second-order valence-corrected chi connectivity index (χ2v) is 14.3. The van der Waals surface area contributed by atoms with E-state index in [-0.39, 0.29) is 18.0 Å². The van der Waals surface area contributed by atoms with E-state index in [1.807, 2.05) is 0 Å². The third kappa shape index (κ3) is 9.97. The van der Waals surface area contributed by atoms with Gasteiger partial charge in [-0.15, -0.1) is 0 Å². The van der Waals surface area contributed by atoms with Crippen molar-refractivity contribution >= 4 is 55.1 Å². The van der Waals surface area contributed by atoms with E-state index >= 15 is 0 Å². The van der Waals surface area contributed by atoms with Crippen molar-refractivity contribution in [1.82, 2.24) is 10.2 Å². The van der Waals surface area contributed by atoms with Crippen molar-refractivity contribution in [1.29, 1.82) is 0 Å². The van der Waals surface area contributed by atoms with E-state index in [1.54, 1.807) is 75.4 Å². The highest BCUT2D eigenvalue weighted by atomic mass is 79.9. The van der Waals surface area contributed by atoms with Gasteiger partial charge in [-0.2, -0.15) is 13.2 Å². The summed E-state index contributed by atoms with van der Waals surface area (Å²) in [7, 11) is -4.32. The van der Waals surface area contributed by atoms with Crippen LogP contribution in [0.5, 0.6) is 0 Å². The molecule has 43 heavy (non-hydrogen) atoms. The van der Waals surface area contributed by atoms with Crippen molar-refractivity contribution in [3.63, 3.8) is 0 Å². The molecule has 3 rings (SSSR count). The normalized spacial score (nSPS) is 12.9. The molecular weight excluding hydrogens is 671 g/mol. The summed E-state index contributed by atoms with van der Waals surface area (Å²) >= 11 is 9.55. The Kier molecular flexibility index (Phi) is 11.0. The van der Waals surface area contributed by atoms with E-state index in [0.717, 1.165) is 28.4 Å². The lowest BCUT2D eigenvalue weighted by molar-refractivity contribution is -0.140. The molecule has 7 nitrogen and oxygen atoms in total. The molecule has 0 heterocycles. The van der Waals surface area contributed by atoms with Crippen molar-refractivity contribution < 1.29 is 31.2 Å². The van der Waals surface area contributed by atoms with E-state index < -0.39 is 57.4 Å². The quantitative estimate of drug-likeness (QED) is 0.264. The second kappa shape index (κ2) is 13.7. The average molecular weight is 703 g/mol. The Bertz CT molecular complexity index is 1550. The first-order chi connectivity index (χ1) is 19.8. The van der Waals surface area contributed by atoms with Crippen LogP contribution >= 0.6 is 27.5 Å². The van der Waals surface area contributed by atoms with E-state index in [4.69, 9.17) is 11.6 Å². The van der Waals surface area contributed by atoms with Crippen molar-refractivity contribution in [3.8, 4) is 0 Å². The maximum atomic E-state index is 14.1. The van der Waals surface area contributed by atoms with Crippen LogP contribution in [0.15, 0.2) is 77.3 Å². The molecule has 3 aromatic rings. The van der Waals surface area contributed by atoms with Gasteiger partial charge in [-0.05, 0) is 62.2 Å². The predicted molar refractivity (Wildman–Crippen MR) is 165 cm³/mol. The second-order valence-electron chi connectivity index (χ2n) is 11.0. The smallest absolute Gasteiger partial charge is 0.350 e. The number of hydrogen-bond donors (Lipinski definition) is 1. The van der Waals surface area contributed by atoms with E-state index in [0.29, 0.717) is 15.9 Å². The molecule has 0 radical (unpaired) electrons. The number of hydrogen-bond acceptors (Lipinski definition) is 4. The fraction of sp³-hybridized carbons (Fsp3) is 0.333. The number of halogens is 5. The number of alkyl halides is 3. The third-order valence-electron chi connectivity index (χ3n) is 6.26. The van der Waals surface area contributed by atoms with Gasteiger partial charge in [-0.3, -0.25) is 13.9 Å². The fourth-order valence-corrected chi connectivity index (χ4v) is 5.66. The molecule has 0 aliphatic heterocycles. The molecule has 0 saturated carbocycles. The molecule has 0 saturated heterocycles. The highest BCUT2D eigenvalue weighted by Crippen LogP contribution is 2.36. The molecule has 0 aliphatic carbocycles. The van der Waals surface area contributed by atoms with Crippen LogP contribution in [-0.4, -0.2) is 49.5 Å². The molecule has 1 atom stereocenters. The maximum Gasteiger partial charge on any atom is 0.416 e. The van der Waals surface area contributed by atoms with Crippen LogP contribution < -0.4 is 9.62 Å². The van der Waals surface area contributed by atoms with Gasteiger partial charge < -0.3 is 10.2 Å². The van der Waals surface area contributed by atoms with Crippen molar-refractivity contribution in [3.05, 3.63) is 99.0 Å². The Morgan fingerprint density at radius 2 is 1.56 bits per heavy atom. The van der Waals surface area contributed by atoms with Crippen molar-refractivity contribution in [2.24, 2.45) is 0 Å². The van der Waals surface area contributed by atoms with Gasteiger partial charge >= 0.3 is 6.18 Å². The Labute approximate surface area is 263 Å². The van der Waals surface area contributed by atoms with Crippen LogP contribution in [0.2, 0.25) is 5.02 Å². The van der Waals surface area contributed by atoms with Crippen molar-refractivity contribution in [2.45, 2.75) is 51.5 Å². The summed E-state index contributed by atoms with van der Waals surface area (Å²) in [4.78, 5) is 29.1. The van der Waals surface area contributed by atoms with Crippen LogP contribution in [-0.2, 0) is 38.8 Å². The summed E-state index contributed by atoms with van der Waals surface area (Å²) in [6.45, 7) is 4.37. The van der Waals surface area contributed by atoms with Gasteiger partial charge in [0.15, 0.2) is 0 Å². The monoisotopic (exact) mass is 701 g/mol. The van der Waals surface area contributed by atoms with Gasteiger partial charge in [0.25, 0.3) is 0 Å². The maximum absolute atomic E-state index is 14.1. The SMILES string of the molecule is CC(C)(C)NC(=O)[C@H](Cc1ccccc1)N(Cc1ccc(Br)cc1)C(=O)CN(c1cc(C(F)(F)F)ccc1Cl)S(C)(=O)=O. The van der Waals surface area contributed by atoms with E-state index in [9.17, 15) is 31.2 Å². The molecule has 0 spiro atoms. The van der Waals surface area contributed by atoms with Crippen LogP contribution in [0.4, 0.5) is 18.9 Å². The van der Waals surface area contributed by atoms with Gasteiger partial charge in [0.2, 0.25) is 21.8 Å². The number of rotatable bonds is 10. The van der Waals surface area contributed by atoms with Gasteiger partial charge in [0.05, 0.1) is 22.5 Å².